The Morgan fingerprint density at radius 3 is 2.48 bits per heavy atom. The zero-order valence-electron chi connectivity index (χ0n) is 12.1. The topological polar surface area (TPSA) is 80.3 Å². The molecule has 21 heavy (non-hydrogen) atoms. The Bertz CT molecular complexity index is 512. The summed E-state index contributed by atoms with van der Waals surface area (Å²) in [6, 6.07) is 4.38. The number of hydrogen-bond donors (Lipinski definition) is 2. The van der Waals surface area contributed by atoms with E-state index in [-0.39, 0.29) is 18.0 Å². The van der Waals surface area contributed by atoms with Crippen molar-refractivity contribution >= 4 is 5.84 Å². The number of ether oxygens (including phenoxy) is 2. The lowest BCUT2D eigenvalue weighted by Crippen LogP contribution is -2.27. The fourth-order valence-corrected chi connectivity index (χ4v) is 2.61. The third-order valence-electron chi connectivity index (χ3n) is 3.66. The van der Waals surface area contributed by atoms with Gasteiger partial charge in [-0.05, 0) is 23.8 Å². The van der Waals surface area contributed by atoms with Crippen LogP contribution < -0.4 is 5.73 Å². The van der Waals surface area contributed by atoms with Crippen LogP contribution in [0.2, 0.25) is 0 Å². The molecule has 7 heteroatoms. The van der Waals surface area contributed by atoms with Gasteiger partial charge in [-0.15, -0.1) is 0 Å². The van der Waals surface area contributed by atoms with Gasteiger partial charge in [-0.1, -0.05) is 5.16 Å². The number of likely N-dealkylation sites (tertiary alicyclic amines) is 1. The largest absolute Gasteiger partial charge is 0.409 e. The molecule has 0 aliphatic carbocycles. The minimum Gasteiger partial charge on any atom is -0.409 e. The van der Waals surface area contributed by atoms with Gasteiger partial charge in [0.1, 0.15) is 5.82 Å². The van der Waals surface area contributed by atoms with Gasteiger partial charge in [0.05, 0.1) is 12.2 Å². The molecule has 1 aromatic carbocycles. The molecule has 1 aliphatic heterocycles. The van der Waals surface area contributed by atoms with E-state index in [4.69, 9.17) is 20.4 Å². The van der Waals surface area contributed by atoms with E-state index in [1.54, 1.807) is 20.3 Å². The molecule has 116 valence electrons. The van der Waals surface area contributed by atoms with Gasteiger partial charge in [0.2, 0.25) is 0 Å². The number of halogens is 1. The average molecular weight is 297 g/mol. The van der Waals surface area contributed by atoms with E-state index in [0.29, 0.717) is 25.2 Å². The van der Waals surface area contributed by atoms with E-state index in [2.05, 4.69) is 10.1 Å². The second kappa shape index (κ2) is 6.84. The average Bonchev–Trinajstić information content (AvgIpc) is 2.87. The molecule has 0 amide bonds. The Hall–Kier alpha value is -1.70. The number of methoxy groups -OCH3 is 2. The first-order valence-corrected chi connectivity index (χ1v) is 6.62. The lowest BCUT2D eigenvalue weighted by molar-refractivity contribution is -0.00461. The maximum atomic E-state index is 13.6. The van der Waals surface area contributed by atoms with Crippen LogP contribution in [0.1, 0.15) is 11.1 Å². The summed E-state index contributed by atoms with van der Waals surface area (Å²) in [5, 5.41) is 11.6. The Morgan fingerprint density at radius 2 is 1.95 bits per heavy atom. The molecule has 0 spiro atoms. The van der Waals surface area contributed by atoms with Crippen LogP contribution in [0, 0.1) is 5.82 Å². The molecule has 6 nitrogen and oxygen atoms in total. The fraction of sp³-hybridized carbons (Fsp3) is 0.500. The van der Waals surface area contributed by atoms with E-state index in [1.807, 2.05) is 0 Å². The number of amidine groups is 1. The number of oxime groups is 1. The van der Waals surface area contributed by atoms with Gasteiger partial charge in [-0.2, -0.15) is 0 Å². The van der Waals surface area contributed by atoms with Crippen LogP contribution in [0.3, 0.4) is 0 Å². The second-order valence-electron chi connectivity index (χ2n) is 5.08. The van der Waals surface area contributed by atoms with Crippen molar-refractivity contribution in [1.29, 1.82) is 0 Å². The quantitative estimate of drug-likeness (QED) is 0.363. The van der Waals surface area contributed by atoms with Crippen LogP contribution in [0.5, 0.6) is 0 Å². The predicted octanol–water partition coefficient (Wildman–Crippen LogP) is 0.766. The van der Waals surface area contributed by atoms with Crippen LogP contribution in [-0.2, 0) is 16.0 Å². The van der Waals surface area contributed by atoms with Gasteiger partial charge >= 0.3 is 0 Å². The molecule has 2 atom stereocenters. The highest BCUT2D eigenvalue weighted by Gasteiger charge is 2.32. The van der Waals surface area contributed by atoms with Crippen LogP contribution in [0.4, 0.5) is 4.39 Å². The van der Waals surface area contributed by atoms with Crippen LogP contribution in [0.25, 0.3) is 0 Å². The van der Waals surface area contributed by atoms with E-state index in [1.165, 1.54) is 12.1 Å². The molecule has 0 aromatic heterocycles. The van der Waals surface area contributed by atoms with E-state index in [0.717, 1.165) is 5.56 Å². The lowest BCUT2D eigenvalue weighted by Gasteiger charge is -2.16. The first-order valence-electron chi connectivity index (χ1n) is 6.62. The zero-order chi connectivity index (χ0) is 15.4. The summed E-state index contributed by atoms with van der Waals surface area (Å²) in [6.07, 6.45) is 0.0132. The minimum atomic E-state index is -0.417. The Labute approximate surface area is 122 Å². The summed E-state index contributed by atoms with van der Waals surface area (Å²) in [6.45, 7) is 1.97. The minimum absolute atomic E-state index is 0.00658. The predicted molar refractivity (Wildman–Crippen MR) is 75.8 cm³/mol. The number of benzene rings is 1. The fourth-order valence-electron chi connectivity index (χ4n) is 2.61. The normalized spacial score (nSPS) is 23.7. The Kier molecular flexibility index (Phi) is 5.11. The van der Waals surface area contributed by atoms with Crippen molar-refractivity contribution in [2.75, 3.05) is 27.3 Å². The highest BCUT2D eigenvalue weighted by molar-refractivity contribution is 5.97. The molecule has 0 bridgehead atoms. The maximum absolute atomic E-state index is 13.6. The van der Waals surface area contributed by atoms with E-state index in [9.17, 15) is 4.39 Å². The third-order valence-corrected chi connectivity index (χ3v) is 3.66. The number of nitrogens with two attached hydrogens (primary N) is 1. The zero-order valence-corrected chi connectivity index (χ0v) is 12.1. The molecule has 0 radical (unpaired) electrons. The van der Waals surface area contributed by atoms with E-state index >= 15 is 0 Å². The first-order chi connectivity index (χ1) is 10.1. The van der Waals surface area contributed by atoms with E-state index < -0.39 is 5.82 Å². The molecular formula is C14H20FN3O3. The Morgan fingerprint density at radius 1 is 1.33 bits per heavy atom. The summed E-state index contributed by atoms with van der Waals surface area (Å²) in [5.74, 6) is -0.526. The molecule has 3 N–H and O–H groups in total. The summed E-state index contributed by atoms with van der Waals surface area (Å²) in [4.78, 5) is 2.12. The van der Waals surface area contributed by atoms with Crippen LogP contribution in [0.15, 0.2) is 23.4 Å². The molecular weight excluding hydrogens is 277 g/mol. The van der Waals surface area contributed by atoms with Crippen LogP contribution in [-0.4, -0.2) is 55.5 Å². The molecule has 1 fully saturated rings. The summed E-state index contributed by atoms with van der Waals surface area (Å²) < 4.78 is 24.4. The molecule has 2 unspecified atom stereocenters. The van der Waals surface area contributed by atoms with Crippen LogP contribution >= 0.6 is 0 Å². The standard InChI is InChI=1S/C14H20FN3O3/c1-20-12-7-18(8-13(12)21-2)6-9-3-10(14(16)17-19)5-11(15)4-9/h3-5,12-13,19H,6-8H2,1-2H3,(H2,16,17). The highest BCUT2D eigenvalue weighted by Crippen LogP contribution is 2.19. The highest BCUT2D eigenvalue weighted by atomic mass is 19.1. The van der Waals surface area contributed by atoms with Crippen molar-refractivity contribution in [2.45, 2.75) is 18.8 Å². The monoisotopic (exact) mass is 297 g/mol. The number of nitrogens with zero attached hydrogens (tertiary/aromatic N) is 2. The first kappa shape index (κ1) is 15.7. The van der Waals surface area contributed by atoms with Gasteiger partial charge in [0.15, 0.2) is 5.84 Å². The van der Waals surface area contributed by atoms with Crippen molar-refractivity contribution in [3.05, 3.63) is 35.1 Å². The lowest BCUT2D eigenvalue weighted by atomic mass is 10.1. The molecule has 1 saturated heterocycles. The molecule has 1 aromatic rings. The SMILES string of the molecule is COC1CN(Cc2cc(F)cc(/C(N)=N/O)c2)CC1OC. The van der Waals surface area contributed by atoms with Crippen molar-refractivity contribution in [1.82, 2.24) is 4.90 Å². The molecule has 1 heterocycles. The van der Waals surface area contributed by atoms with Gasteiger partial charge in [-0.25, -0.2) is 4.39 Å². The number of rotatable bonds is 5. The van der Waals surface area contributed by atoms with Gasteiger partial charge in [-0.3, -0.25) is 4.90 Å². The number of hydrogen-bond acceptors (Lipinski definition) is 5. The maximum Gasteiger partial charge on any atom is 0.170 e. The summed E-state index contributed by atoms with van der Waals surface area (Å²) >= 11 is 0. The molecule has 1 aliphatic rings. The van der Waals surface area contributed by atoms with Gasteiger partial charge in [0, 0.05) is 39.4 Å². The molecule has 0 saturated carbocycles. The van der Waals surface area contributed by atoms with Gasteiger partial charge < -0.3 is 20.4 Å². The summed E-state index contributed by atoms with van der Waals surface area (Å²) in [7, 11) is 3.30. The van der Waals surface area contributed by atoms with Crippen molar-refractivity contribution in [3.8, 4) is 0 Å². The smallest absolute Gasteiger partial charge is 0.170 e. The third kappa shape index (κ3) is 3.69. The Balaban J connectivity index is 2.12. The molecule has 2 rings (SSSR count). The van der Waals surface area contributed by atoms with Gasteiger partial charge in [0.25, 0.3) is 0 Å². The summed E-state index contributed by atoms with van der Waals surface area (Å²) in [5.41, 5.74) is 6.62. The second-order valence-corrected chi connectivity index (χ2v) is 5.08. The van der Waals surface area contributed by atoms with Crippen molar-refractivity contribution in [3.63, 3.8) is 0 Å². The van der Waals surface area contributed by atoms with Crippen molar-refractivity contribution < 1.29 is 19.1 Å². The van der Waals surface area contributed by atoms with Crippen molar-refractivity contribution in [2.24, 2.45) is 10.9 Å².